The molecule has 2 aliphatic rings. The van der Waals surface area contributed by atoms with E-state index in [9.17, 15) is 9.59 Å². The predicted molar refractivity (Wildman–Crippen MR) is 90.8 cm³/mol. The molecule has 0 aromatic carbocycles. The minimum atomic E-state index is -0.0654. The summed E-state index contributed by atoms with van der Waals surface area (Å²) in [6.45, 7) is 11.5. The average molecular weight is 326 g/mol. The molecule has 0 aromatic rings. The lowest BCUT2D eigenvalue weighted by Gasteiger charge is -2.16. The van der Waals surface area contributed by atoms with E-state index in [0.717, 1.165) is 6.42 Å². The first-order valence-corrected chi connectivity index (χ1v) is 9.17. The SMILES string of the molecule is CC(C)C(=O)OC(C)C1CC1.CC[C@@H](OC(=O)C(C)C)C1CC1. The van der Waals surface area contributed by atoms with E-state index in [-0.39, 0.29) is 36.0 Å². The van der Waals surface area contributed by atoms with Gasteiger partial charge in [0.15, 0.2) is 0 Å². The molecule has 2 atom stereocenters. The first kappa shape index (κ1) is 20.0. The summed E-state index contributed by atoms with van der Waals surface area (Å²) < 4.78 is 10.5. The minimum absolute atomic E-state index is 0.0104. The summed E-state index contributed by atoms with van der Waals surface area (Å²) >= 11 is 0. The van der Waals surface area contributed by atoms with Crippen molar-refractivity contribution in [1.29, 1.82) is 0 Å². The van der Waals surface area contributed by atoms with Gasteiger partial charge in [-0.25, -0.2) is 0 Å². The number of rotatable bonds is 7. The predicted octanol–water partition coefficient (Wildman–Crippen LogP) is 4.36. The molecule has 0 bridgehead atoms. The molecule has 23 heavy (non-hydrogen) atoms. The van der Waals surface area contributed by atoms with Crippen LogP contribution >= 0.6 is 0 Å². The van der Waals surface area contributed by atoms with E-state index in [1.165, 1.54) is 25.7 Å². The molecular formula is C19H34O4. The van der Waals surface area contributed by atoms with Crippen molar-refractivity contribution >= 4 is 11.9 Å². The summed E-state index contributed by atoms with van der Waals surface area (Å²) in [5.41, 5.74) is 0. The Kier molecular flexibility index (Phi) is 8.07. The Balaban J connectivity index is 0.000000231. The summed E-state index contributed by atoms with van der Waals surface area (Å²) in [7, 11) is 0. The Bertz CT molecular complexity index is 381. The van der Waals surface area contributed by atoms with Gasteiger partial charge in [-0.3, -0.25) is 9.59 Å². The topological polar surface area (TPSA) is 52.6 Å². The molecule has 4 heteroatoms. The number of ether oxygens (including phenoxy) is 2. The van der Waals surface area contributed by atoms with Gasteiger partial charge in [0.25, 0.3) is 0 Å². The van der Waals surface area contributed by atoms with Crippen molar-refractivity contribution in [3.8, 4) is 0 Å². The number of carbonyl (C=O) groups excluding carboxylic acids is 2. The smallest absolute Gasteiger partial charge is 0.308 e. The van der Waals surface area contributed by atoms with Crippen LogP contribution in [0.1, 0.15) is 73.6 Å². The Morgan fingerprint density at radius 3 is 1.61 bits per heavy atom. The van der Waals surface area contributed by atoms with Crippen molar-refractivity contribution < 1.29 is 19.1 Å². The van der Waals surface area contributed by atoms with Gasteiger partial charge in [-0.15, -0.1) is 0 Å². The molecular weight excluding hydrogens is 292 g/mol. The largest absolute Gasteiger partial charge is 0.462 e. The number of carbonyl (C=O) groups is 2. The second kappa shape index (κ2) is 9.29. The quantitative estimate of drug-likeness (QED) is 0.652. The van der Waals surface area contributed by atoms with Crippen molar-refractivity contribution in [2.75, 3.05) is 0 Å². The van der Waals surface area contributed by atoms with Gasteiger partial charge in [-0.2, -0.15) is 0 Å². The fourth-order valence-electron chi connectivity index (χ4n) is 2.25. The summed E-state index contributed by atoms with van der Waals surface area (Å²) in [6.07, 6.45) is 6.24. The molecule has 4 nitrogen and oxygen atoms in total. The zero-order chi connectivity index (χ0) is 17.6. The monoisotopic (exact) mass is 326 g/mol. The first-order valence-electron chi connectivity index (χ1n) is 9.17. The molecule has 2 aliphatic carbocycles. The summed E-state index contributed by atoms with van der Waals surface area (Å²) in [5.74, 6) is 1.22. The lowest BCUT2D eigenvalue weighted by molar-refractivity contribution is -0.154. The van der Waals surface area contributed by atoms with Crippen molar-refractivity contribution in [2.45, 2.75) is 85.9 Å². The van der Waals surface area contributed by atoms with Crippen LogP contribution in [0.25, 0.3) is 0 Å². The fourth-order valence-corrected chi connectivity index (χ4v) is 2.25. The molecule has 0 amide bonds. The van der Waals surface area contributed by atoms with E-state index >= 15 is 0 Å². The van der Waals surface area contributed by atoms with Crippen LogP contribution in [0.5, 0.6) is 0 Å². The van der Waals surface area contributed by atoms with Crippen LogP contribution in [0.3, 0.4) is 0 Å². The van der Waals surface area contributed by atoms with Gasteiger partial charge in [-0.05, 0) is 50.9 Å². The maximum absolute atomic E-state index is 11.2. The molecule has 2 saturated carbocycles. The Labute approximate surface area is 141 Å². The number of hydrogen-bond acceptors (Lipinski definition) is 4. The van der Waals surface area contributed by atoms with E-state index in [4.69, 9.17) is 9.47 Å². The number of esters is 2. The Morgan fingerprint density at radius 1 is 0.826 bits per heavy atom. The molecule has 134 valence electrons. The van der Waals surface area contributed by atoms with Crippen LogP contribution in [0.15, 0.2) is 0 Å². The molecule has 0 aromatic heterocycles. The van der Waals surface area contributed by atoms with E-state index in [1.54, 1.807) is 0 Å². The second-order valence-electron chi connectivity index (χ2n) is 7.51. The van der Waals surface area contributed by atoms with Crippen molar-refractivity contribution in [3.63, 3.8) is 0 Å². The van der Waals surface area contributed by atoms with Crippen molar-refractivity contribution in [1.82, 2.24) is 0 Å². The maximum Gasteiger partial charge on any atom is 0.308 e. The van der Waals surface area contributed by atoms with Crippen LogP contribution < -0.4 is 0 Å². The lowest BCUT2D eigenvalue weighted by atomic mass is 10.1. The summed E-state index contributed by atoms with van der Waals surface area (Å²) in [5, 5.41) is 0. The second-order valence-corrected chi connectivity index (χ2v) is 7.51. The highest BCUT2D eigenvalue weighted by molar-refractivity contribution is 5.72. The third kappa shape index (κ3) is 7.85. The third-order valence-electron chi connectivity index (χ3n) is 4.35. The van der Waals surface area contributed by atoms with Gasteiger partial charge in [0.1, 0.15) is 12.2 Å². The minimum Gasteiger partial charge on any atom is -0.462 e. The third-order valence-corrected chi connectivity index (χ3v) is 4.35. The van der Waals surface area contributed by atoms with Crippen molar-refractivity contribution in [3.05, 3.63) is 0 Å². The first-order chi connectivity index (χ1) is 10.8. The molecule has 0 heterocycles. The average Bonchev–Trinajstić information content (AvgIpc) is 3.37. The maximum atomic E-state index is 11.2. The molecule has 2 fully saturated rings. The van der Waals surface area contributed by atoms with E-state index in [1.807, 2.05) is 34.6 Å². The molecule has 2 rings (SSSR count). The molecule has 0 spiro atoms. The van der Waals surface area contributed by atoms with Crippen molar-refractivity contribution in [2.24, 2.45) is 23.7 Å². The zero-order valence-corrected chi connectivity index (χ0v) is 15.6. The molecule has 0 N–H and O–H groups in total. The van der Waals surface area contributed by atoms with Gasteiger partial charge >= 0.3 is 11.9 Å². The van der Waals surface area contributed by atoms with Gasteiger partial charge in [0.2, 0.25) is 0 Å². The normalized spacial score (nSPS) is 19.7. The zero-order valence-electron chi connectivity index (χ0n) is 15.6. The summed E-state index contributed by atoms with van der Waals surface area (Å²) in [6, 6.07) is 0. The van der Waals surface area contributed by atoms with Gasteiger partial charge in [0, 0.05) is 0 Å². The van der Waals surface area contributed by atoms with Crippen LogP contribution in [0, 0.1) is 23.7 Å². The van der Waals surface area contributed by atoms with E-state index < -0.39 is 0 Å². The Morgan fingerprint density at radius 2 is 1.26 bits per heavy atom. The standard InChI is InChI=1S/C10H18O2.C9H16O2/c1-4-9(8-5-6-8)12-10(11)7(2)3;1-6(2)9(10)11-7(3)8-4-5-8/h7-9H,4-6H2,1-3H3;6-8H,4-5H2,1-3H3/t9-;/m1./s1. The van der Waals surface area contributed by atoms with Gasteiger partial charge < -0.3 is 9.47 Å². The fraction of sp³-hybridized carbons (Fsp3) is 0.895. The lowest BCUT2D eigenvalue weighted by Crippen LogP contribution is -2.22. The Hall–Kier alpha value is -1.06. The highest BCUT2D eigenvalue weighted by Crippen LogP contribution is 2.36. The molecule has 0 saturated heterocycles. The number of hydrogen-bond donors (Lipinski definition) is 0. The van der Waals surface area contributed by atoms with Crippen LogP contribution in [0.4, 0.5) is 0 Å². The van der Waals surface area contributed by atoms with Gasteiger partial charge in [-0.1, -0.05) is 34.6 Å². The molecule has 0 radical (unpaired) electrons. The van der Waals surface area contributed by atoms with Crippen LogP contribution in [-0.4, -0.2) is 24.1 Å². The van der Waals surface area contributed by atoms with Crippen LogP contribution in [-0.2, 0) is 19.1 Å². The highest BCUT2D eigenvalue weighted by Gasteiger charge is 2.33. The summed E-state index contributed by atoms with van der Waals surface area (Å²) in [4.78, 5) is 22.3. The van der Waals surface area contributed by atoms with Gasteiger partial charge in [0.05, 0.1) is 11.8 Å². The highest BCUT2D eigenvalue weighted by atomic mass is 16.5. The van der Waals surface area contributed by atoms with Crippen LogP contribution in [0.2, 0.25) is 0 Å². The van der Waals surface area contributed by atoms with E-state index in [2.05, 4.69) is 6.92 Å². The molecule has 1 unspecified atom stereocenters. The molecule has 0 aliphatic heterocycles. The van der Waals surface area contributed by atoms with E-state index in [0.29, 0.717) is 11.8 Å².